The predicted octanol–water partition coefficient (Wildman–Crippen LogP) is 4.43. The Bertz CT molecular complexity index is 695. The summed E-state index contributed by atoms with van der Waals surface area (Å²) in [5.41, 5.74) is 0.812. The van der Waals surface area contributed by atoms with Gasteiger partial charge in [0.2, 0.25) is 0 Å². The summed E-state index contributed by atoms with van der Waals surface area (Å²) in [7, 11) is 1.66. The Hall–Kier alpha value is -1.34. The van der Waals surface area contributed by atoms with Crippen LogP contribution in [0, 0.1) is 5.92 Å². The van der Waals surface area contributed by atoms with E-state index in [-0.39, 0.29) is 0 Å². The van der Waals surface area contributed by atoms with Crippen molar-refractivity contribution < 1.29 is 9.47 Å². The van der Waals surface area contributed by atoms with Gasteiger partial charge in [0.15, 0.2) is 5.11 Å². The van der Waals surface area contributed by atoms with E-state index in [1.165, 1.54) is 6.42 Å². The average Bonchev–Trinajstić information content (AvgIpc) is 2.75. The van der Waals surface area contributed by atoms with Crippen molar-refractivity contribution in [1.29, 1.82) is 0 Å². The van der Waals surface area contributed by atoms with E-state index in [2.05, 4.69) is 27.3 Å². The predicted molar refractivity (Wildman–Crippen MR) is 124 cm³/mol. The van der Waals surface area contributed by atoms with Crippen LogP contribution in [-0.2, 0) is 4.74 Å². The van der Waals surface area contributed by atoms with Gasteiger partial charge < -0.3 is 19.7 Å². The minimum absolute atomic E-state index is 0.643. The molecule has 1 heterocycles. The van der Waals surface area contributed by atoms with Crippen molar-refractivity contribution >= 4 is 34.6 Å². The van der Waals surface area contributed by atoms with Crippen molar-refractivity contribution in [2.45, 2.75) is 25.7 Å². The molecule has 29 heavy (non-hydrogen) atoms. The Morgan fingerprint density at radius 3 is 2.90 bits per heavy atom. The zero-order valence-electron chi connectivity index (χ0n) is 17.2. The molecular formula is C22H32ClN3O2S. The van der Waals surface area contributed by atoms with Crippen LogP contribution in [0.5, 0.6) is 5.75 Å². The standard InChI is InChI=1S/C22H32ClN3O2S/c1-27-21-9-8-19(23)16-20(21)24-22(29)26(17-18-6-3-2-4-7-18)11-5-10-25-12-14-28-15-13-25/h2-3,8-9,16,18H,4-7,10-15,17H2,1H3,(H,24,29). The van der Waals surface area contributed by atoms with Crippen LogP contribution >= 0.6 is 23.8 Å². The number of nitrogens with zero attached hydrogens (tertiary/aromatic N) is 2. The fraction of sp³-hybridized carbons (Fsp3) is 0.591. The van der Waals surface area contributed by atoms with Gasteiger partial charge in [-0.2, -0.15) is 0 Å². The van der Waals surface area contributed by atoms with E-state index in [1.54, 1.807) is 7.11 Å². The van der Waals surface area contributed by atoms with Crippen molar-refractivity contribution in [3.05, 3.63) is 35.4 Å². The number of allylic oxidation sites excluding steroid dienone is 2. The number of ether oxygens (including phenoxy) is 2. The summed E-state index contributed by atoms with van der Waals surface area (Å²) in [5, 5.41) is 4.77. The number of nitrogens with one attached hydrogen (secondary N) is 1. The molecule has 1 N–H and O–H groups in total. The van der Waals surface area contributed by atoms with E-state index in [9.17, 15) is 0 Å². The summed E-state index contributed by atoms with van der Waals surface area (Å²) >= 11 is 12.0. The Balaban J connectivity index is 1.61. The molecule has 0 saturated carbocycles. The van der Waals surface area contributed by atoms with Crippen LogP contribution in [0.4, 0.5) is 5.69 Å². The van der Waals surface area contributed by atoms with Crippen molar-refractivity contribution in [2.24, 2.45) is 5.92 Å². The second-order valence-electron chi connectivity index (χ2n) is 7.68. The third-order valence-electron chi connectivity index (χ3n) is 5.55. The quantitative estimate of drug-likeness (QED) is 0.479. The smallest absolute Gasteiger partial charge is 0.173 e. The van der Waals surface area contributed by atoms with Gasteiger partial charge in [-0.1, -0.05) is 23.8 Å². The molecule has 0 spiro atoms. The first-order valence-corrected chi connectivity index (χ1v) is 11.3. The Morgan fingerprint density at radius 2 is 2.17 bits per heavy atom. The summed E-state index contributed by atoms with van der Waals surface area (Å²) < 4.78 is 10.9. The van der Waals surface area contributed by atoms with Crippen LogP contribution in [0.1, 0.15) is 25.7 Å². The molecule has 0 bridgehead atoms. The number of anilines is 1. The maximum absolute atomic E-state index is 6.19. The van der Waals surface area contributed by atoms with E-state index in [1.807, 2.05) is 18.2 Å². The lowest BCUT2D eigenvalue weighted by Gasteiger charge is -2.32. The first-order valence-electron chi connectivity index (χ1n) is 10.5. The molecule has 1 aliphatic carbocycles. The van der Waals surface area contributed by atoms with E-state index in [4.69, 9.17) is 33.3 Å². The molecule has 0 amide bonds. The molecule has 0 radical (unpaired) electrons. The van der Waals surface area contributed by atoms with E-state index in [0.29, 0.717) is 10.9 Å². The summed E-state index contributed by atoms with van der Waals surface area (Å²) in [6.45, 7) is 6.72. The topological polar surface area (TPSA) is 37.0 Å². The van der Waals surface area contributed by atoms with Crippen molar-refractivity contribution in [3.63, 3.8) is 0 Å². The minimum atomic E-state index is 0.643. The average molecular weight is 438 g/mol. The molecule has 5 nitrogen and oxygen atoms in total. The monoisotopic (exact) mass is 437 g/mol. The van der Waals surface area contributed by atoms with Gasteiger partial charge in [0.25, 0.3) is 0 Å². The molecule has 7 heteroatoms. The third kappa shape index (κ3) is 7.14. The molecule has 1 saturated heterocycles. The Kier molecular flexibility index (Phi) is 9.05. The van der Waals surface area contributed by atoms with Gasteiger partial charge >= 0.3 is 0 Å². The van der Waals surface area contributed by atoms with Gasteiger partial charge in [-0.05, 0) is 62.0 Å². The number of rotatable bonds is 8. The van der Waals surface area contributed by atoms with Crippen LogP contribution in [0.2, 0.25) is 5.02 Å². The maximum Gasteiger partial charge on any atom is 0.173 e. The number of hydrogen-bond acceptors (Lipinski definition) is 4. The second-order valence-corrected chi connectivity index (χ2v) is 8.50. The molecule has 1 aromatic rings. The zero-order valence-corrected chi connectivity index (χ0v) is 18.8. The molecule has 1 fully saturated rings. The van der Waals surface area contributed by atoms with Crippen LogP contribution in [0.25, 0.3) is 0 Å². The fourth-order valence-electron chi connectivity index (χ4n) is 3.89. The lowest BCUT2D eigenvalue weighted by atomic mass is 9.94. The number of morpholine rings is 1. The van der Waals surface area contributed by atoms with Gasteiger partial charge in [0.1, 0.15) is 5.75 Å². The largest absolute Gasteiger partial charge is 0.495 e. The molecule has 1 aliphatic heterocycles. The summed E-state index contributed by atoms with van der Waals surface area (Å²) in [5.74, 6) is 1.38. The van der Waals surface area contributed by atoms with Gasteiger partial charge in [-0.3, -0.25) is 4.90 Å². The first kappa shape index (κ1) is 22.3. The highest BCUT2D eigenvalue weighted by Gasteiger charge is 2.19. The van der Waals surface area contributed by atoms with Crippen LogP contribution in [0.15, 0.2) is 30.4 Å². The second kappa shape index (κ2) is 11.7. The normalized spacial score (nSPS) is 19.7. The molecule has 1 aromatic carbocycles. The van der Waals surface area contributed by atoms with Crippen molar-refractivity contribution in [1.82, 2.24) is 9.80 Å². The number of benzene rings is 1. The van der Waals surface area contributed by atoms with E-state index >= 15 is 0 Å². The molecule has 3 rings (SSSR count). The molecule has 0 aromatic heterocycles. The summed E-state index contributed by atoms with van der Waals surface area (Å²) in [4.78, 5) is 4.79. The summed E-state index contributed by atoms with van der Waals surface area (Å²) in [6.07, 6.45) is 9.18. The highest BCUT2D eigenvalue weighted by atomic mass is 35.5. The molecule has 1 atom stereocenters. The van der Waals surface area contributed by atoms with Gasteiger partial charge in [0.05, 0.1) is 26.0 Å². The third-order valence-corrected chi connectivity index (χ3v) is 6.15. The summed E-state index contributed by atoms with van der Waals surface area (Å²) in [6, 6.07) is 5.55. The first-order chi connectivity index (χ1) is 14.2. The van der Waals surface area contributed by atoms with E-state index < -0.39 is 0 Å². The van der Waals surface area contributed by atoms with Gasteiger partial charge in [-0.15, -0.1) is 0 Å². The molecule has 2 aliphatic rings. The fourth-order valence-corrected chi connectivity index (χ4v) is 4.34. The number of thiocarbonyl (C=S) groups is 1. The van der Waals surface area contributed by atoms with Crippen LogP contribution in [-0.4, -0.2) is 68.0 Å². The number of methoxy groups -OCH3 is 1. The van der Waals surface area contributed by atoms with E-state index in [0.717, 1.165) is 81.7 Å². The number of hydrogen-bond donors (Lipinski definition) is 1. The Labute approximate surface area is 185 Å². The van der Waals surface area contributed by atoms with Crippen LogP contribution in [0.3, 0.4) is 0 Å². The minimum Gasteiger partial charge on any atom is -0.495 e. The molecule has 1 unspecified atom stereocenters. The lowest BCUT2D eigenvalue weighted by molar-refractivity contribution is 0.0367. The zero-order chi connectivity index (χ0) is 20.5. The highest BCUT2D eigenvalue weighted by Crippen LogP contribution is 2.28. The highest BCUT2D eigenvalue weighted by molar-refractivity contribution is 7.80. The van der Waals surface area contributed by atoms with Gasteiger partial charge in [0, 0.05) is 37.7 Å². The van der Waals surface area contributed by atoms with Crippen LogP contribution < -0.4 is 10.1 Å². The molecule has 160 valence electrons. The van der Waals surface area contributed by atoms with Crippen molar-refractivity contribution in [2.75, 3.05) is 58.4 Å². The van der Waals surface area contributed by atoms with Gasteiger partial charge in [-0.25, -0.2) is 0 Å². The van der Waals surface area contributed by atoms with Crippen molar-refractivity contribution in [3.8, 4) is 5.75 Å². The SMILES string of the molecule is COc1ccc(Cl)cc1NC(=S)N(CCCN1CCOCC1)CC1CC=CCC1. The molecular weight excluding hydrogens is 406 g/mol. The maximum atomic E-state index is 6.19. The lowest BCUT2D eigenvalue weighted by Crippen LogP contribution is -2.42. The Morgan fingerprint density at radius 1 is 1.34 bits per heavy atom. The number of halogens is 1.